The van der Waals surface area contributed by atoms with Gasteiger partial charge in [0.1, 0.15) is 0 Å². The lowest BCUT2D eigenvalue weighted by Gasteiger charge is -2.34. The van der Waals surface area contributed by atoms with Gasteiger partial charge in [-0.1, -0.05) is 65.7 Å². The first-order valence-electron chi connectivity index (χ1n) is 11.8. The minimum absolute atomic E-state index is 0.0191. The lowest BCUT2D eigenvalue weighted by Crippen LogP contribution is -2.46. The smallest absolute Gasteiger partial charge is 0.236 e. The van der Waals surface area contributed by atoms with Crippen LogP contribution >= 0.6 is 0 Å². The number of aromatic nitrogens is 1. The number of aryl methyl sites for hydroxylation is 2. The van der Waals surface area contributed by atoms with Crippen molar-refractivity contribution >= 4 is 15.7 Å². The summed E-state index contributed by atoms with van der Waals surface area (Å²) < 4.78 is 33.5. The third-order valence-corrected chi connectivity index (χ3v) is 8.01. The van der Waals surface area contributed by atoms with Crippen LogP contribution in [0.15, 0.2) is 93.2 Å². The van der Waals surface area contributed by atoms with Gasteiger partial charge in [-0.15, -0.1) is 0 Å². The molecule has 0 spiro atoms. The van der Waals surface area contributed by atoms with Crippen LogP contribution in [0.1, 0.15) is 16.7 Å². The number of nitrogens with zero attached hydrogens (tertiary/aromatic N) is 3. The van der Waals surface area contributed by atoms with Gasteiger partial charge in [0.05, 0.1) is 4.90 Å². The number of hydrogen-bond acceptors (Lipinski definition) is 6. The van der Waals surface area contributed by atoms with Crippen LogP contribution in [0.2, 0.25) is 0 Å². The predicted molar refractivity (Wildman–Crippen MR) is 137 cm³/mol. The van der Waals surface area contributed by atoms with E-state index < -0.39 is 9.84 Å². The summed E-state index contributed by atoms with van der Waals surface area (Å²) in [5.74, 6) is 0.641. The summed E-state index contributed by atoms with van der Waals surface area (Å²) in [6, 6.07) is 25.0. The minimum Gasteiger partial charge on any atom is -0.419 e. The first kappa shape index (κ1) is 23.3. The number of anilines is 1. The molecule has 4 aromatic rings. The molecule has 1 saturated heterocycles. The fourth-order valence-electron chi connectivity index (χ4n) is 4.35. The Hall–Kier alpha value is -3.42. The highest BCUT2D eigenvalue weighted by Crippen LogP contribution is 2.35. The van der Waals surface area contributed by atoms with E-state index >= 15 is 0 Å². The lowest BCUT2D eigenvalue weighted by atomic mass is 10.1. The largest absolute Gasteiger partial charge is 0.419 e. The second-order valence-electron chi connectivity index (χ2n) is 9.06. The molecule has 0 atom stereocenters. The lowest BCUT2D eigenvalue weighted by molar-refractivity contribution is 0.245. The van der Waals surface area contributed by atoms with Crippen molar-refractivity contribution in [1.82, 2.24) is 9.88 Å². The summed E-state index contributed by atoms with van der Waals surface area (Å²) in [5, 5.41) is -0.0191. The van der Waals surface area contributed by atoms with Crippen LogP contribution in [0.4, 0.5) is 5.88 Å². The number of hydrogen-bond donors (Lipinski definition) is 0. The molecule has 35 heavy (non-hydrogen) atoms. The molecule has 0 radical (unpaired) electrons. The van der Waals surface area contributed by atoms with E-state index in [0.29, 0.717) is 24.9 Å². The highest BCUT2D eigenvalue weighted by molar-refractivity contribution is 7.91. The molecule has 0 saturated carbocycles. The van der Waals surface area contributed by atoms with E-state index in [9.17, 15) is 8.42 Å². The van der Waals surface area contributed by atoms with Gasteiger partial charge in [0.15, 0.2) is 0 Å². The Labute approximate surface area is 206 Å². The number of benzene rings is 3. The van der Waals surface area contributed by atoms with E-state index in [-0.39, 0.29) is 9.92 Å². The number of rotatable bonds is 6. The van der Waals surface area contributed by atoms with E-state index in [0.717, 1.165) is 36.3 Å². The van der Waals surface area contributed by atoms with Gasteiger partial charge >= 0.3 is 0 Å². The highest BCUT2D eigenvalue weighted by atomic mass is 32.2. The molecule has 0 amide bonds. The summed E-state index contributed by atoms with van der Waals surface area (Å²) in [5.41, 5.74) is 4.09. The van der Waals surface area contributed by atoms with Crippen LogP contribution in [0.5, 0.6) is 0 Å². The average molecular weight is 488 g/mol. The Morgan fingerprint density at radius 2 is 1.54 bits per heavy atom. The van der Waals surface area contributed by atoms with Crippen molar-refractivity contribution in [3.63, 3.8) is 0 Å². The zero-order chi connectivity index (χ0) is 24.4. The number of sulfone groups is 1. The van der Waals surface area contributed by atoms with Crippen molar-refractivity contribution in [3.05, 3.63) is 95.6 Å². The quantitative estimate of drug-likeness (QED) is 0.376. The molecular weight excluding hydrogens is 458 g/mol. The van der Waals surface area contributed by atoms with Crippen molar-refractivity contribution in [2.75, 3.05) is 31.1 Å². The zero-order valence-electron chi connectivity index (χ0n) is 20.0. The molecule has 180 valence electrons. The molecule has 0 unspecified atom stereocenters. The molecule has 3 aromatic carbocycles. The van der Waals surface area contributed by atoms with E-state index in [4.69, 9.17) is 4.42 Å². The van der Waals surface area contributed by atoms with Gasteiger partial charge in [0.25, 0.3) is 0 Å². The van der Waals surface area contributed by atoms with E-state index in [1.54, 1.807) is 24.3 Å². The van der Waals surface area contributed by atoms with Crippen molar-refractivity contribution in [1.29, 1.82) is 0 Å². The molecule has 1 aliphatic rings. The van der Waals surface area contributed by atoms with Crippen LogP contribution in [-0.4, -0.2) is 44.5 Å². The first-order chi connectivity index (χ1) is 16.9. The highest BCUT2D eigenvalue weighted by Gasteiger charge is 2.32. The van der Waals surface area contributed by atoms with E-state index in [1.165, 1.54) is 5.56 Å². The fourth-order valence-corrected chi connectivity index (χ4v) is 5.68. The van der Waals surface area contributed by atoms with Gasteiger partial charge in [-0.25, -0.2) is 8.42 Å². The second kappa shape index (κ2) is 9.68. The van der Waals surface area contributed by atoms with Crippen LogP contribution in [-0.2, 0) is 16.4 Å². The topological polar surface area (TPSA) is 66.7 Å². The van der Waals surface area contributed by atoms with Crippen molar-refractivity contribution < 1.29 is 12.8 Å². The van der Waals surface area contributed by atoms with Crippen LogP contribution in [0, 0.1) is 13.8 Å². The molecule has 7 heteroatoms. The normalized spacial score (nSPS) is 14.9. The number of oxazole rings is 1. The summed E-state index contributed by atoms with van der Waals surface area (Å²) in [7, 11) is -3.86. The van der Waals surface area contributed by atoms with Crippen LogP contribution in [0.25, 0.3) is 11.5 Å². The third-order valence-electron chi connectivity index (χ3n) is 6.34. The van der Waals surface area contributed by atoms with Gasteiger partial charge in [-0.05, 0) is 43.7 Å². The van der Waals surface area contributed by atoms with Crippen molar-refractivity contribution in [3.8, 4) is 11.5 Å². The Kier molecular flexibility index (Phi) is 6.45. The maximum atomic E-state index is 13.7. The Morgan fingerprint density at radius 1 is 0.829 bits per heavy atom. The van der Waals surface area contributed by atoms with Gasteiger partial charge in [0.2, 0.25) is 26.6 Å². The third kappa shape index (κ3) is 5.01. The second-order valence-corrected chi connectivity index (χ2v) is 10.9. The van der Waals surface area contributed by atoms with Gasteiger partial charge in [-0.3, -0.25) is 4.90 Å². The van der Waals surface area contributed by atoms with E-state index in [1.807, 2.05) is 49.1 Å². The Balaban J connectivity index is 1.47. The zero-order valence-corrected chi connectivity index (χ0v) is 20.8. The summed E-state index contributed by atoms with van der Waals surface area (Å²) in [6.07, 6.45) is 0. The average Bonchev–Trinajstić information content (AvgIpc) is 3.32. The molecule has 1 aliphatic heterocycles. The molecule has 5 rings (SSSR count). The number of piperazine rings is 1. The maximum absolute atomic E-state index is 13.7. The fraction of sp³-hybridized carbons (Fsp3) is 0.250. The molecule has 6 nitrogen and oxygen atoms in total. The van der Waals surface area contributed by atoms with Crippen LogP contribution in [0.3, 0.4) is 0 Å². The molecule has 1 aromatic heterocycles. The van der Waals surface area contributed by atoms with Crippen molar-refractivity contribution in [2.24, 2.45) is 0 Å². The van der Waals surface area contributed by atoms with Gasteiger partial charge < -0.3 is 9.32 Å². The molecule has 0 bridgehead atoms. The standard InChI is InChI=1S/C28H29N3O3S/c1-21-11-13-25(14-12-21)35(32,33)27-28(34-26(29-27)24-10-6-7-22(2)19-24)31-17-15-30(16-18-31)20-23-8-4-3-5-9-23/h3-14,19H,15-18,20H2,1-2H3. The van der Waals surface area contributed by atoms with Crippen LogP contribution < -0.4 is 4.90 Å². The Morgan fingerprint density at radius 3 is 2.23 bits per heavy atom. The summed E-state index contributed by atoms with van der Waals surface area (Å²) >= 11 is 0. The molecular formula is C28H29N3O3S. The molecule has 2 heterocycles. The SMILES string of the molecule is Cc1ccc(S(=O)(=O)c2nc(-c3cccc(C)c3)oc2N2CCN(Cc3ccccc3)CC2)cc1. The molecule has 0 N–H and O–H groups in total. The predicted octanol–water partition coefficient (Wildman–Crippen LogP) is 5.11. The minimum atomic E-state index is -3.86. The molecule has 0 aliphatic carbocycles. The van der Waals surface area contributed by atoms with Gasteiger partial charge in [0, 0.05) is 38.3 Å². The van der Waals surface area contributed by atoms with E-state index in [2.05, 4.69) is 34.1 Å². The van der Waals surface area contributed by atoms with Crippen molar-refractivity contribution in [2.45, 2.75) is 30.3 Å². The molecule has 1 fully saturated rings. The maximum Gasteiger partial charge on any atom is 0.236 e. The van der Waals surface area contributed by atoms with Gasteiger partial charge in [-0.2, -0.15) is 4.98 Å². The monoisotopic (exact) mass is 487 g/mol. The summed E-state index contributed by atoms with van der Waals surface area (Å²) in [4.78, 5) is 9.14. The first-order valence-corrected chi connectivity index (χ1v) is 13.3. The summed E-state index contributed by atoms with van der Waals surface area (Å²) in [6.45, 7) is 7.72. The Bertz CT molecular complexity index is 1410.